The predicted molar refractivity (Wildman–Crippen MR) is 60.7 cm³/mol. The maximum Gasteiger partial charge on any atom is 0.307 e. The van der Waals surface area contributed by atoms with E-state index in [4.69, 9.17) is 5.11 Å². The number of carboxylic acids is 1. The molecule has 2 aromatic carbocycles. The lowest BCUT2D eigenvalue weighted by Crippen LogP contribution is -1.99. The van der Waals surface area contributed by atoms with Gasteiger partial charge in [0.05, 0.1) is 6.42 Å². The summed E-state index contributed by atoms with van der Waals surface area (Å²) in [5, 5.41) is 10.6. The Balaban J connectivity index is 2.47. The quantitative estimate of drug-likeness (QED) is 0.797. The summed E-state index contributed by atoms with van der Waals surface area (Å²) in [5.41, 5.74) is 1.39. The van der Waals surface area contributed by atoms with Crippen LogP contribution in [0.4, 0.5) is 0 Å². The number of hydrogen-bond acceptors (Lipinski definition) is 2. The summed E-state index contributed by atoms with van der Waals surface area (Å²) >= 11 is 0. The van der Waals surface area contributed by atoms with Crippen LogP contribution in [0.2, 0.25) is 0 Å². The minimum atomic E-state index is -0.844. The molecule has 1 N–H and O–H groups in total. The fourth-order valence-electron chi connectivity index (χ4n) is 1.67. The average molecular weight is 214 g/mol. The van der Waals surface area contributed by atoms with Crippen molar-refractivity contribution in [2.45, 2.75) is 6.42 Å². The minimum Gasteiger partial charge on any atom is -0.481 e. The summed E-state index contributed by atoms with van der Waals surface area (Å²) < 4.78 is 0. The van der Waals surface area contributed by atoms with Crippen molar-refractivity contribution in [3.63, 3.8) is 0 Å². The van der Waals surface area contributed by atoms with E-state index in [1.807, 2.05) is 18.2 Å². The molecule has 80 valence electrons. The molecule has 0 saturated heterocycles. The highest BCUT2D eigenvalue weighted by molar-refractivity contribution is 5.89. The standard InChI is InChI=1S/C13H10O3/c14-8-10-2-4-11-5-9(7-13(15)16)1-3-12(11)6-10/h1-6,8H,7H2,(H,15,16). The summed E-state index contributed by atoms with van der Waals surface area (Å²) in [7, 11) is 0. The van der Waals surface area contributed by atoms with E-state index in [0.717, 1.165) is 22.6 Å². The van der Waals surface area contributed by atoms with Crippen molar-refractivity contribution in [2.75, 3.05) is 0 Å². The van der Waals surface area contributed by atoms with E-state index < -0.39 is 5.97 Å². The monoisotopic (exact) mass is 214 g/mol. The van der Waals surface area contributed by atoms with E-state index in [-0.39, 0.29) is 6.42 Å². The molecule has 0 aliphatic carbocycles. The summed E-state index contributed by atoms with van der Waals surface area (Å²) in [6.07, 6.45) is 0.815. The van der Waals surface area contributed by atoms with E-state index in [1.165, 1.54) is 0 Å². The van der Waals surface area contributed by atoms with Gasteiger partial charge in [0.1, 0.15) is 6.29 Å². The van der Waals surface area contributed by atoms with Gasteiger partial charge in [0, 0.05) is 5.56 Å². The van der Waals surface area contributed by atoms with E-state index in [1.54, 1.807) is 18.2 Å². The number of carbonyl (C=O) groups is 2. The topological polar surface area (TPSA) is 54.4 Å². The van der Waals surface area contributed by atoms with Gasteiger partial charge in [0.2, 0.25) is 0 Å². The van der Waals surface area contributed by atoms with Gasteiger partial charge in [-0.2, -0.15) is 0 Å². The first kappa shape index (κ1) is 10.4. The summed E-state index contributed by atoms with van der Waals surface area (Å²) in [5.74, 6) is -0.844. The number of hydrogen-bond donors (Lipinski definition) is 1. The first-order chi connectivity index (χ1) is 7.69. The van der Waals surface area contributed by atoms with Crippen molar-refractivity contribution in [3.05, 3.63) is 47.5 Å². The molecule has 0 heterocycles. The van der Waals surface area contributed by atoms with Crippen molar-refractivity contribution in [1.29, 1.82) is 0 Å². The normalized spacial score (nSPS) is 10.2. The lowest BCUT2D eigenvalue weighted by molar-refractivity contribution is -0.136. The molecule has 16 heavy (non-hydrogen) atoms. The SMILES string of the molecule is O=Cc1ccc2cc(CC(=O)O)ccc2c1. The van der Waals surface area contributed by atoms with Crippen LogP contribution in [0.1, 0.15) is 15.9 Å². The molecule has 0 amide bonds. The third-order valence-corrected chi connectivity index (χ3v) is 2.42. The fraction of sp³-hybridized carbons (Fsp3) is 0.0769. The molecule has 0 spiro atoms. The van der Waals surface area contributed by atoms with Crippen LogP contribution >= 0.6 is 0 Å². The minimum absolute atomic E-state index is 0.0192. The molecular weight excluding hydrogens is 204 g/mol. The summed E-state index contributed by atoms with van der Waals surface area (Å²) in [4.78, 5) is 21.1. The molecule has 0 aromatic heterocycles. The van der Waals surface area contributed by atoms with Crippen molar-refractivity contribution in [3.8, 4) is 0 Å². The van der Waals surface area contributed by atoms with Crippen LogP contribution in [0.15, 0.2) is 36.4 Å². The number of aliphatic carboxylic acids is 1. The molecule has 0 aliphatic heterocycles. The molecule has 0 fully saturated rings. The van der Waals surface area contributed by atoms with Crippen molar-refractivity contribution >= 4 is 23.0 Å². The molecule has 0 bridgehead atoms. The van der Waals surface area contributed by atoms with Gasteiger partial charge < -0.3 is 5.11 Å². The van der Waals surface area contributed by atoms with Crippen LogP contribution in [-0.2, 0) is 11.2 Å². The first-order valence-corrected chi connectivity index (χ1v) is 4.89. The number of fused-ring (bicyclic) bond motifs is 1. The van der Waals surface area contributed by atoms with E-state index in [0.29, 0.717) is 5.56 Å². The van der Waals surface area contributed by atoms with Gasteiger partial charge in [-0.15, -0.1) is 0 Å². The highest BCUT2D eigenvalue weighted by atomic mass is 16.4. The molecule has 0 radical (unpaired) electrons. The molecule has 3 nitrogen and oxygen atoms in total. The van der Waals surface area contributed by atoms with Crippen LogP contribution in [0.25, 0.3) is 10.8 Å². The van der Waals surface area contributed by atoms with E-state index in [2.05, 4.69) is 0 Å². The molecular formula is C13H10O3. The Bertz CT molecular complexity index is 558. The van der Waals surface area contributed by atoms with Gasteiger partial charge in [0.15, 0.2) is 0 Å². The van der Waals surface area contributed by atoms with Gasteiger partial charge in [-0.3, -0.25) is 9.59 Å². The maximum absolute atomic E-state index is 10.6. The van der Waals surface area contributed by atoms with E-state index >= 15 is 0 Å². The first-order valence-electron chi connectivity index (χ1n) is 4.89. The molecule has 0 saturated carbocycles. The third-order valence-electron chi connectivity index (χ3n) is 2.42. The lowest BCUT2D eigenvalue weighted by atomic mass is 10.0. The van der Waals surface area contributed by atoms with Gasteiger partial charge >= 0.3 is 5.97 Å². The molecule has 0 atom stereocenters. The Labute approximate surface area is 92.3 Å². The number of rotatable bonds is 3. The average Bonchev–Trinajstić information content (AvgIpc) is 2.27. The van der Waals surface area contributed by atoms with Gasteiger partial charge in [-0.25, -0.2) is 0 Å². The fourth-order valence-corrected chi connectivity index (χ4v) is 1.67. The highest BCUT2D eigenvalue weighted by Crippen LogP contribution is 2.17. The zero-order chi connectivity index (χ0) is 11.5. The zero-order valence-corrected chi connectivity index (χ0v) is 8.51. The zero-order valence-electron chi connectivity index (χ0n) is 8.51. The van der Waals surface area contributed by atoms with Crippen LogP contribution in [0.3, 0.4) is 0 Å². The lowest BCUT2D eigenvalue weighted by Gasteiger charge is -2.02. The molecule has 0 unspecified atom stereocenters. The summed E-state index contributed by atoms with van der Waals surface area (Å²) in [6.45, 7) is 0. The van der Waals surface area contributed by atoms with Crippen LogP contribution < -0.4 is 0 Å². The van der Waals surface area contributed by atoms with Crippen LogP contribution in [-0.4, -0.2) is 17.4 Å². The number of carbonyl (C=O) groups excluding carboxylic acids is 1. The largest absolute Gasteiger partial charge is 0.481 e. The smallest absolute Gasteiger partial charge is 0.307 e. The Morgan fingerprint density at radius 2 is 1.81 bits per heavy atom. The molecule has 2 rings (SSSR count). The second kappa shape index (κ2) is 4.14. The Morgan fingerprint density at radius 1 is 1.12 bits per heavy atom. The Kier molecular flexibility index (Phi) is 2.68. The highest BCUT2D eigenvalue weighted by Gasteiger charge is 2.02. The number of carboxylic acid groups (broad SMARTS) is 1. The number of aldehydes is 1. The van der Waals surface area contributed by atoms with Crippen LogP contribution in [0.5, 0.6) is 0 Å². The van der Waals surface area contributed by atoms with Gasteiger partial charge in [0.25, 0.3) is 0 Å². The van der Waals surface area contributed by atoms with Gasteiger partial charge in [-0.05, 0) is 22.4 Å². The Morgan fingerprint density at radius 3 is 2.50 bits per heavy atom. The molecule has 0 aliphatic rings. The predicted octanol–water partition coefficient (Wildman–Crippen LogP) is 2.28. The van der Waals surface area contributed by atoms with Crippen molar-refractivity contribution in [1.82, 2.24) is 0 Å². The second-order valence-electron chi connectivity index (χ2n) is 3.63. The molecule has 3 heteroatoms. The van der Waals surface area contributed by atoms with E-state index in [9.17, 15) is 9.59 Å². The number of benzene rings is 2. The van der Waals surface area contributed by atoms with Gasteiger partial charge in [-0.1, -0.05) is 30.3 Å². The summed E-state index contributed by atoms with van der Waals surface area (Å²) in [6, 6.07) is 10.8. The molecule has 2 aromatic rings. The van der Waals surface area contributed by atoms with Crippen molar-refractivity contribution < 1.29 is 14.7 Å². The maximum atomic E-state index is 10.6. The van der Waals surface area contributed by atoms with Crippen molar-refractivity contribution in [2.24, 2.45) is 0 Å². The van der Waals surface area contributed by atoms with Crippen LogP contribution in [0, 0.1) is 0 Å². The Hall–Kier alpha value is -2.16. The second-order valence-corrected chi connectivity index (χ2v) is 3.63. The third kappa shape index (κ3) is 2.08.